The molecule has 4 rings (SSSR count). The zero-order valence-electron chi connectivity index (χ0n) is 14.9. The van der Waals surface area contributed by atoms with Gasteiger partial charge in [0.2, 0.25) is 0 Å². The minimum atomic E-state index is 0.552. The van der Waals surface area contributed by atoms with E-state index in [0.29, 0.717) is 5.92 Å². The molecular formula is C19H27N5O. The Kier molecular flexibility index (Phi) is 4.99. The van der Waals surface area contributed by atoms with Crippen LogP contribution in [0.2, 0.25) is 0 Å². The Morgan fingerprint density at radius 1 is 1.12 bits per heavy atom. The molecule has 1 saturated heterocycles. The number of hydrogen-bond donors (Lipinski definition) is 1. The third-order valence-electron chi connectivity index (χ3n) is 5.24. The summed E-state index contributed by atoms with van der Waals surface area (Å²) in [6.07, 6.45) is 2.34. The van der Waals surface area contributed by atoms with E-state index in [1.165, 1.54) is 24.2 Å². The lowest BCUT2D eigenvalue weighted by molar-refractivity contribution is 0.199. The van der Waals surface area contributed by atoms with Crippen molar-refractivity contribution in [1.29, 1.82) is 0 Å². The number of fused-ring (bicyclic) bond motifs is 1. The minimum absolute atomic E-state index is 0.552. The van der Waals surface area contributed by atoms with E-state index < -0.39 is 0 Å². The van der Waals surface area contributed by atoms with Crippen molar-refractivity contribution in [1.82, 2.24) is 25.0 Å². The van der Waals surface area contributed by atoms with E-state index in [1.54, 1.807) is 0 Å². The fourth-order valence-corrected chi connectivity index (χ4v) is 3.88. The fourth-order valence-electron chi connectivity index (χ4n) is 3.88. The first kappa shape index (κ1) is 16.5. The average molecular weight is 341 g/mol. The number of hydrogen-bond acceptors (Lipinski definition) is 5. The van der Waals surface area contributed by atoms with Gasteiger partial charge in [-0.15, -0.1) is 10.2 Å². The summed E-state index contributed by atoms with van der Waals surface area (Å²) in [6.45, 7) is 8.87. The first-order chi connectivity index (χ1) is 12.3. The maximum absolute atomic E-state index is 5.52. The molecule has 1 aromatic heterocycles. The first-order valence-electron chi connectivity index (χ1n) is 9.40. The summed E-state index contributed by atoms with van der Waals surface area (Å²) in [4.78, 5) is 2.54. The highest BCUT2D eigenvalue weighted by atomic mass is 16.5. The van der Waals surface area contributed by atoms with Gasteiger partial charge in [-0.3, -0.25) is 4.90 Å². The Morgan fingerprint density at radius 2 is 1.92 bits per heavy atom. The molecule has 2 aliphatic rings. The topological polar surface area (TPSA) is 55.2 Å². The Balaban J connectivity index is 1.33. The Hall–Kier alpha value is -1.92. The molecule has 6 heteroatoms. The Bertz CT molecular complexity index is 688. The number of nitrogens with one attached hydrogen (secondary N) is 1. The standard InChI is InChI=1S/C19H27N5O/c1-2-25-17-5-3-15(4-6-17)14-23-10-7-16(8-11-23)19-22-21-18-13-20-9-12-24(18)19/h3-6,16,20H,2,7-14H2,1H3. The quantitative estimate of drug-likeness (QED) is 0.903. The first-order valence-corrected chi connectivity index (χ1v) is 9.40. The van der Waals surface area contributed by atoms with Gasteiger partial charge in [0.05, 0.1) is 13.2 Å². The van der Waals surface area contributed by atoms with Crippen molar-refractivity contribution in [3.63, 3.8) is 0 Å². The lowest BCUT2D eigenvalue weighted by atomic mass is 9.95. The number of nitrogens with zero attached hydrogens (tertiary/aromatic N) is 4. The monoisotopic (exact) mass is 341 g/mol. The number of piperidine rings is 1. The van der Waals surface area contributed by atoms with Crippen LogP contribution in [-0.4, -0.2) is 45.9 Å². The summed E-state index contributed by atoms with van der Waals surface area (Å²) in [5.41, 5.74) is 1.35. The summed E-state index contributed by atoms with van der Waals surface area (Å²) in [7, 11) is 0. The van der Waals surface area contributed by atoms with Crippen molar-refractivity contribution in [2.24, 2.45) is 0 Å². The molecule has 3 heterocycles. The van der Waals surface area contributed by atoms with Crippen LogP contribution in [0.1, 0.15) is 42.9 Å². The zero-order valence-corrected chi connectivity index (χ0v) is 14.9. The largest absolute Gasteiger partial charge is 0.494 e. The van der Waals surface area contributed by atoms with Gasteiger partial charge >= 0.3 is 0 Å². The summed E-state index contributed by atoms with van der Waals surface area (Å²) in [6, 6.07) is 8.50. The molecule has 0 saturated carbocycles. The second-order valence-electron chi connectivity index (χ2n) is 6.93. The van der Waals surface area contributed by atoms with Gasteiger partial charge in [0.1, 0.15) is 17.4 Å². The molecule has 0 amide bonds. The highest BCUT2D eigenvalue weighted by Crippen LogP contribution is 2.28. The molecule has 0 atom stereocenters. The molecule has 1 N–H and O–H groups in total. The maximum Gasteiger partial charge on any atom is 0.147 e. The molecule has 2 aromatic rings. The van der Waals surface area contributed by atoms with E-state index in [0.717, 1.165) is 57.4 Å². The highest BCUT2D eigenvalue weighted by Gasteiger charge is 2.26. The van der Waals surface area contributed by atoms with Crippen molar-refractivity contribution >= 4 is 0 Å². The Morgan fingerprint density at radius 3 is 2.68 bits per heavy atom. The summed E-state index contributed by atoms with van der Waals surface area (Å²) in [5.74, 6) is 3.81. The number of rotatable bonds is 5. The highest BCUT2D eigenvalue weighted by molar-refractivity contribution is 5.27. The number of likely N-dealkylation sites (tertiary alicyclic amines) is 1. The molecular weight excluding hydrogens is 314 g/mol. The molecule has 0 spiro atoms. The molecule has 0 bridgehead atoms. The Labute approximate surface area is 149 Å². The van der Waals surface area contributed by atoms with Crippen LogP contribution < -0.4 is 10.1 Å². The van der Waals surface area contributed by atoms with Gasteiger partial charge in [-0.05, 0) is 50.6 Å². The molecule has 0 unspecified atom stereocenters. The second-order valence-corrected chi connectivity index (χ2v) is 6.93. The van der Waals surface area contributed by atoms with Gasteiger partial charge in [-0.1, -0.05) is 12.1 Å². The van der Waals surface area contributed by atoms with Crippen LogP contribution in [0.5, 0.6) is 5.75 Å². The second kappa shape index (κ2) is 7.54. The van der Waals surface area contributed by atoms with E-state index in [4.69, 9.17) is 4.74 Å². The normalized spacial score (nSPS) is 18.9. The van der Waals surface area contributed by atoms with Gasteiger partial charge in [0.15, 0.2) is 0 Å². The van der Waals surface area contributed by atoms with Gasteiger partial charge in [0.25, 0.3) is 0 Å². The molecule has 134 valence electrons. The lowest BCUT2D eigenvalue weighted by Crippen LogP contribution is -2.34. The number of ether oxygens (including phenoxy) is 1. The number of aromatic nitrogens is 3. The molecule has 1 fully saturated rings. The van der Waals surface area contributed by atoms with Crippen molar-refractivity contribution in [3.05, 3.63) is 41.5 Å². The van der Waals surface area contributed by atoms with Crippen LogP contribution in [0, 0.1) is 0 Å². The molecule has 25 heavy (non-hydrogen) atoms. The smallest absolute Gasteiger partial charge is 0.147 e. The maximum atomic E-state index is 5.52. The van der Waals surface area contributed by atoms with Crippen LogP contribution >= 0.6 is 0 Å². The fraction of sp³-hybridized carbons (Fsp3) is 0.579. The van der Waals surface area contributed by atoms with Crippen LogP contribution in [-0.2, 0) is 19.6 Å². The van der Waals surface area contributed by atoms with E-state index in [9.17, 15) is 0 Å². The zero-order chi connectivity index (χ0) is 17.1. The molecule has 1 aromatic carbocycles. The van der Waals surface area contributed by atoms with Crippen LogP contribution in [0.3, 0.4) is 0 Å². The van der Waals surface area contributed by atoms with E-state index in [2.05, 4.69) is 49.2 Å². The van der Waals surface area contributed by atoms with Crippen molar-refractivity contribution in [3.8, 4) is 5.75 Å². The van der Waals surface area contributed by atoms with Crippen molar-refractivity contribution < 1.29 is 4.74 Å². The molecule has 0 aliphatic carbocycles. The van der Waals surface area contributed by atoms with Crippen molar-refractivity contribution in [2.45, 2.75) is 45.3 Å². The predicted octanol–water partition coefficient (Wildman–Crippen LogP) is 2.16. The van der Waals surface area contributed by atoms with Crippen LogP contribution in [0.15, 0.2) is 24.3 Å². The predicted molar refractivity (Wildman–Crippen MR) is 96.6 cm³/mol. The van der Waals surface area contributed by atoms with Crippen LogP contribution in [0.25, 0.3) is 0 Å². The van der Waals surface area contributed by atoms with E-state index >= 15 is 0 Å². The van der Waals surface area contributed by atoms with Gasteiger partial charge in [-0.25, -0.2) is 0 Å². The van der Waals surface area contributed by atoms with Crippen LogP contribution in [0.4, 0.5) is 0 Å². The third kappa shape index (κ3) is 3.70. The molecule has 0 radical (unpaired) electrons. The summed E-state index contributed by atoms with van der Waals surface area (Å²) < 4.78 is 7.86. The molecule has 2 aliphatic heterocycles. The van der Waals surface area contributed by atoms with Gasteiger partial charge in [0, 0.05) is 25.6 Å². The van der Waals surface area contributed by atoms with Gasteiger partial charge < -0.3 is 14.6 Å². The lowest BCUT2D eigenvalue weighted by Gasteiger charge is -2.32. The van der Waals surface area contributed by atoms with E-state index in [1.807, 2.05) is 6.92 Å². The third-order valence-corrected chi connectivity index (χ3v) is 5.24. The van der Waals surface area contributed by atoms with Gasteiger partial charge in [-0.2, -0.15) is 0 Å². The van der Waals surface area contributed by atoms with Crippen molar-refractivity contribution in [2.75, 3.05) is 26.2 Å². The SMILES string of the molecule is CCOc1ccc(CN2CCC(c3nnc4n3CCNC4)CC2)cc1. The average Bonchev–Trinajstić information content (AvgIpc) is 3.08. The summed E-state index contributed by atoms with van der Waals surface area (Å²) >= 11 is 0. The summed E-state index contributed by atoms with van der Waals surface area (Å²) in [5, 5.41) is 12.2. The number of benzene rings is 1. The molecule has 6 nitrogen and oxygen atoms in total. The minimum Gasteiger partial charge on any atom is -0.494 e. The van der Waals surface area contributed by atoms with E-state index in [-0.39, 0.29) is 0 Å².